The van der Waals surface area contributed by atoms with Crippen molar-refractivity contribution in [1.29, 1.82) is 0 Å². The van der Waals surface area contributed by atoms with Crippen LogP contribution in [0.1, 0.15) is 17.2 Å². The van der Waals surface area contributed by atoms with Crippen LogP contribution in [0.15, 0.2) is 18.2 Å². The summed E-state index contributed by atoms with van der Waals surface area (Å²) < 4.78 is 10.6. The molecular formula is C13H22N2O2S2. The highest BCUT2D eigenvalue weighted by Crippen LogP contribution is 2.42. The van der Waals surface area contributed by atoms with E-state index < -0.39 is 0 Å². The third-order valence-electron chi connectivity index (χ3n) is 2.59. The molecule has 0 saturated carbocycles. The Morgan fingerprint density at radius 1 is 1.11 bits per heavy atom. The minimum Gasteiger partial charge on any atom is -0.493 e. The third kappa shape index (κ3) is 5.14. The van der Waals surface area contributed by atoms with Gasteiger partial charge in [0.1, 0.15) is 0 Å². The molecular weight excluding hydrogens is 280 g/mol. The number of hydrogen-bond acceptors (Lipinski definition) is 6. The maximum Gasteiger partial charge on any atom is 0.161 e. The lowest BCUT2D eigenvalue weighted by Gasteiger charge is -2.17. The van der Waals surface area contributed by atoms with Crippen LogP contribution in [0, 0.1) is 0 Å². The zero-order chi connectivity index (χ0) is 14.1. The molecule has 108 valence electrons. The van der Waals surface area contributed by atoms with E-state index in [1.54, 1.807) is 25.0 Å². The SMILES string of the molecule is COc1ccc(C(CCN)SSCCN)cc1OC. The molecule has 0 bridgehead atoms. The van der Waals surface area contributed by atoms with Gasteiger partial charge in [0.2, 0.25) is 0 Å². The summed E-state index contributed by atoms with van der Waals surface area (Å²) >= 11 is 0. The van der Waals surface area contributed by atoms with E-state index in [1.807, 2.05) is 22.9 Å². The summed E-state index contributed by atoms with van der Waals surface area (Å²) in [5, 5.41) is 0.348. The molecule has 0 aliphatic heterocycles. The Labute approximate surface area is 123 Å². The second-order valence-corrected chi connectivity index (χ2v) is 6.58. The number of ether oxygens (including phenoxy) is 2. The van der Waals surface area contributed by atoms with E-state index in [1.165, 1.54) is 5.56 Å². The van der Waals surface area contributed by atoms with Crippen LogP contribution in [-0.4, -0.2) is 33.1 Å². The van der Waals surface area contributed by atoms with Crippen LogP contribution >= 0.6 is 21.6 Å². The van der Waals surface area contributed by atoms with Gasteiger partial charge in [0.15, 0.2) is 11.5 Å². The number of benzene rings is 1. The lowest BCUT2D eigenvalue weighted by molar-refractivity contribution is 0.354. The van der Waals surface area contributed by atoms with Gasteiger partial charge in [-0.1, -0.05) is 27.7 Å². The molecule has 0 spiro atoms. The van der Waals surface area contributed by atoms with E-state index in [2.05, 4.69) is 6.07 Å². The van der Waals surface area contributed by atoms with E-state index in [0.29, 0.717) is 18.3 Å². The Hall–Kier alpha value is -0.560. The Morgan fingerprint density at radius 3 is 2.42 bits per heavy atom. The van der Waals surface area contributed by atoms with Crippen molar-refractivity contribution in [2.75, 3.05) is 33.1 Å². The third-order valence-corrected chi connectivity index (χ3v) is 5.48. The standard InChI is InChI=1S/C13H22N2O2S2/c1-16-11-4-3-10(9-12(11)17-2)13(5-6-14)19-18-8-7-15/h3-4,9,13H,5-8,14-15H2,1-2H3. The first-order chi connectivity index (χ1) is 9.26. The minimum atomic E-state index is 0.348. The maximum atomic E-state index is 5.69. The number of nitrogens with two attached hydrogens (primary N) is 2. The lowest BCUT2D eigenvalue weighted by atomic mass is 10.1. The molecule has 1 rings (SSSR count). The van der Waals surface area contributed by atoms with Crippen molar-refractivity contribution in [3.8, 4) is 11.5 Å². The molecule has 1 unspecified atom stereocenters. The van der Waals surface area contributed by atoms with Gasteiger partial charge in [-0.05, 0) is 30.7 Å². The van der Waals surface area contributed by atoms with Crippen molar-refractivity contribution in [2.24, 2.45) is 11.5 Å². The first-order valence-corrected chi connectivity index (χ1v) is 8.55. The number of rotatable bonds is 9. The molecule has 1 atom stereocenters. The molecule has 1 aromatic carbocycles. The first-order valence-electron chi connectivity index (χ1n) is 6.17. The van der Waals surface area contributed by atoms with Gasteiger partial charge in [0.05, 0.1) is 14.2 Å². The van der Waals surface area contributed by atoms with Gasteiger partial charge in [-0.25, -0.2) is 0 Å². The van der Waals surface area contributed by atoms with E-state index >= 15 is 0 Å². The van der Waals surface area contributed by atoms with Crippen molar-refractivity contribution in [2.45, 2.75) is 11.7 Å². The molecule has 19 heavy (non-hydrogen) atoms. The summed E-state index contributed by atoms with van der Waals surface area (Å²) in [7, 11) is 6.89. The zero-order valence-corrected chi connectivity index (χ0v) is 13.1. The van der Waals surface area contributed by atoms with Gasteiger partial charge in [-0.2, -0.15) is 0 Å². The molecule has 0 saturated heterocycles. The highest BCUT2D eigenvalue weighted by Gasteiger charge is 2.14. The molecule has 0 aliphatic rings. The summed E-state index contributed by atoms with van der Waals surface area (Å²) in [4.78, 5) is 0. The van der Waals surface area contributed by atoms with Crippen LogP contribution in [0.4, 0.5) is 0 Å². The second-order valence-electron chi connectivity index (χ2n) is 3.89. The predicted molar refractivity (Wildman–Crippen MR) is 85.1 cm³/mol. The van der Waals surface area contributed by atoms with E-state index in [9.17, 15) is 0 Å². The van der Waals surface area contributed by atoms with Gasteiger partial charge in [-0.3, -0.25) is 0 Å². The van der Waals surface area contributed by atoms with Crippen molar-refractivity contribution in [3.05, 3.63) is 23.8 Å². The second kappa shape index (κ2) is 9.36. The minimum absolute atomic E-state index is 0.348. The quantitative estimate of drug-likeness (QED) is 0.539. The summed E-state index contributed by atoms with van der Waals surface area (Å²) in [6.45, 7) is 1.36. The molecule has 0 fully saturated rings. The monoisotopic (exact) mass is 302 g/mol. The van der Waals surface area contributed by atoms with Crippen LogP contribution in [0.25, 0.3) is 0 Å². The van der Waals surface area contributed by atoms with Crippen molar-refractivity contribution < 1.29 is 9.47 Å². The molecule has 4 nitrogen and oxygen atoms in total. The largest absolute Gasteiger partial charge is 0.493 e. The Morgan fingerprint density at radius 2 is 1.84 bits per heavy atom. The van der Waals surface area contributed by atoms with Gasteiger partial charge in [0.25, 0.3) is 0 Å². The van der Waals surface area contributed by atoms with Crippen LogP contribution < -0.4 is 20.9 Å². The normalized spacial score (nSPS) is 12.2. The van der Waals surface area contributed by atoms with Crippen LogP contribution in [0.3, 0.4) is 0 Å². The fourth-order valence-electron chi connectivity index (χ4n) is 1.65. The molecule has 4 N–H and O–H groups in total. The lowest BCUT2D eigenvalue weighted by Crippen LogP contribution is -2.05. The smallest absolute Gasteiger partial charge is 0.161 e. The van der Waals surface area contributed by atoms with Gasteiger partial charge in [-0.15, -0.1) is 0 Å². The van der Waals surface area contributed by atoms with E-state index in [4.69, 9.17) is 20.9 Å². The molecule has 0 radical (unpaired) electrons. The van der Waals surface area contributed by atoms with Gasteiger partial charge in [0, 0.05) is 17.5 Å². The summed E-state index contributed by atoms with van der Waals surface area (Å²) in [5.41, 5.74) is 12.4. The average molecular weight is 302 g/mol. The molecule has 0 aromatic heterocycles. The average Bonchev–Trinajstić information content (AvgIpc) is 2.45. The molecule has 1 aromatic rings. The Balaban J connectivity index is 2.82. The molecule has 0 amide bonds. The van der Waals surface area contributed by atoms with Crippen molar-refractivity contribution in [1.82, 2.24) is 0 Å². The first kappa shape index (κ1) is 16.5. The van der Waals surface area contributed by atoms with Crippen molar-refractivity contribution >= 4 is 21.6 Å². The summed E-state index contributed by atoms with van der Waals surface area (Å²) in [6.07, 6.45) is 0.928. The van der Waals surface area contributed by atoms with Crippen LogP contribution in [-0.2, 0) is 0 Å². The topological polar surface area (TPSA) is 70.5 Å². The Bertz CT molecular complexity index is 378. The van der Waals surface area contributed by atoms with E-state index in [-0.39, 0.29) is 0 Å². The molecule has 0 heterocycles. The fraction of sp³-hybridized carbons (Fsp3) is 0.538. The summed E-state index contributed by atoms with van der Waals surface area (Å²) in [5.74, 6) is 2.45. The highest BCUT2D eigenvalue weighted by molar-refractivity contribution is 8.76. The Kier molecular flexibility index (Phi) is 8.13. The summed E-state index contributed by atoms with van der Waals surface area (Å²) in [6, 6.07) is 6.03. The molecule has 6 heteroatoms. The zero-order valence-electron chi connectivity index (χ0n) is 11.4. The van der Waals surface area contributed by atoms with Gasteiger partial charge < -0.3 is 20.9 Å². The van der Waals surface area contributed by atoms with Gasteiger partial charge >= 0.3 is 0 Å². The van der Waals surface area contributed by atoms with E-state index in [0.717, 1.165) is 23.7 Å². The maximum absolute atomic E-state index is 5.69. The predicted octanol–water partition coefficient (Wildman–Crippen LogP) is 2.43. The van der Waals surface area contributed by atoms with Crippen molar-refractivity contribution in [3.63, 3.8) is 0 Å². The highest BCUT2D eigenvalue weighted by atomic mass is 33.1. The number of methoxy groups -OCH3 is 2. The number of hydrogen-bond donors (Lipinski definition) is 2. The fourth-order valence-corrected chi connectivity index (χ4v) is 4.19. The van der Waals surface area contributed by atoms with Crippen LogP contribution in [0.5, 0.6) is 11.5 Å². The van der Waals surface area contributed by atoms with Crippen LogP contribution in [0.2, 0.25) is 0 Å². The molecule has 0 aliphatic carbocycles.